The van der Waals surface area contributed by atoms with E-state index in [0.717, 1.165) is 42.8 Å². The van der Waals surface area contributed by atoms with E-state index in [-0.39, 0.29) is 17.3 Å². The molecule has 4 aliphatic rings. The smallest absolute Gasteiger partial charge is 0.328 e. The molecule has 4 fully saturated rings. The normalized spacial score (nSPS) is 36.9. The summed E-state index contributed by atoms with van der Waals surface area (Å²) >= 11 is 1.69. The van der Waals surface area contributed by atoms with Crippen molar-refractivity contribution < 1.29 is 14.3 Å². The Morgan fingerprint density at radius 3 is 2.18 bits per heavy atom. The summed E-state index contributed by atoms with van der Waals surface area (Å²) in [6.07, 6.45) is 9.70. The van der Waals surface area contributed by atoms with Gasteiger partial charge in [-0.15, -0.1) is 0 Å². The minimum atomic E-state index is -0.488. The fraction of sp³-hybridized carbons (Fsp3) is 0.882. The van der Waals surface area contributed by atoms with Gasteiger partial charge in [0.25, 0.3) is 0 Å². The fourth-order valence-electron chi connectivity index (χ4n) is 5.33. The number of esters is 1. The molecular weight excluding hydrogens is 298 g/mol. The van der Waals surface area contributed by atoms with Gasteiger partial charge < -0.3 is 10.1 Å². The zero-order chi connectivity index (χ0) is 15.7. The highest BCUT2D eigenvalue weighted by Crippen LogP contribution is 2.60. The Morgan fingerprint density at radius 1 is 1.18 bits per heavy atom. The van der Waals surface area contributed by atoms with Crippen LogP contribution in [-0.2, 0) is 14.3 Å². The molecule has 4 bridgehead atoms. The second-order valence-electron chi connectivity index (χ2n) is 7.53. The van der Waals surface area contributed by atoms with Gasteiger partial charge in [-0.25, -0.2) is 4.79 Å². The fourth-order valence-corrected chi connectivity index (χ4v) is 5.80. The lowest BCUT2D eigenvalue weighted by molar-refractivity contribution is -0.152. The van der Waals surface area contributed by atoms with Crippen LogP contribution in [0.1, 0.15) is 44.9 Å². The van der Waals surface area contributed by atoms with E-state index in [9.17, 15) is 9.59 Å². The van der Waals surface area contributed by atoms with Gasteiger partial charge in [0.05, 0.1) is 7.11 Å². The van der Waals surface area contributed by atoms with E-state index < -0.39 is 6.04 Å². The lowest BCUT2D eigenvalue weighted by Gasteiger charge is -2.55. The molecule has 4 rings (SSSR count). The third-order valence-corrected chi connectivity index (χ3v) is 6.57. The predicted molar refractivity (Wildman–Crippen MR) is 87.6 cm³/mol. The molecule has 0 aliphatic heterocycles. The number of methoxy groups -OCH3 is 1. The van der Waals surface area contributed by atoms with Gasteiger partial charge in [-0.3, -0.25) is 4.79 Å². The number of carbonyl (C=O) groups is 2. The van der Waals surface area contributed by atoms with Gasteiger partial charge in [-0.05, 0) is 74.7 Å². The third-order valence-electron chi connectivity index (χ3n) is 5.92. The predicted octanol–water partition coefficient (Wildman–Crippen LogP) is 2.61. The first kappa shape index (κ1) is 16.2. The largest absolute Gasteiger partial charge is 0.467 e. The molecule has 0 spiro atoms. The Kier molecular flexibility index (Phi) is 4.72. The lowest BCUT2D eigenvalue weighted by Crippen LogP contribution is -2.56. The van der Waals surface area contributed by atoms with E-state index in [1.807, 2.05) is 6.26 Å². The first-order valence-corrected chi connectivity index (χ1v) is 9.83. The summed E-state index contributed by atoms with van der Waals surface area (Å²) in [7, 11) is 1.39. The van der Waals surface area contributed by atoms with E-state index in [2.05, 4.69) is 5.32 Å². The van der Waals surface area contributed by atoms with Crippen LogP contribution < -0.4 is 5.32 Å². The number of rotatable bonds is 6. The van der Waals surface area contributed by atoms with Crippen LogP contribution in [0.25, 0.3) is 0 Å². The van der Waals surface area contributed by atoms with Crippen LogP contribution in [0.3, 0.4) is 0 Å². The Bertz CT molecular complexity index is 416. The van der Waals surface area contributed by atoms with Crippen molar-refractivity contribution in [3.8, 4) is 0 Å². The molecule has 4 saturated carbocycles. The van der Waals surface area contributed by atoms with Crippen molar-refractivity contribution in [3.05, 3.63) is 0 Å². The van der Waals surface area contributed by atoms with E-state index in [1.165, 1.54) is 26.4 Å². The van der Waals surface area contributed by atoms with Crippen molar-refractivity contribution in [2.24, 2.45) is 23.2 Å². The van der Waals surface area contributed by atoms with Gasteiger partial charge in [-0.1, -0.05) is 0 Å². The van der Waals surface area contributed by atoms with E-state index in [4.69, 9.17) is 4.74 Å². The van der Waals surface area contributed by atoms with Crippen molar-refractivity contribution in [2.45, 2.75) is 51.0 Å². The van der Waals surface area contributed by atoms with Crippen LogP contribution >= 0.6 is 11.8 Å². The number of nitrogens with one attached hydrogen (secondary N) is 1. The molecule has 4 aliphatic carbocycles. The molecule has 5 heteroatoms. The summed E-state index contributed by atoms with van der Waals surface area (Å²) in [5.74, 6) is 2.86. The number of ether oxygens (including phenoxy) is 1. The summed E-state index contributed by atoms with van der Waals surface area (Å²) in [6.45, 7) is 0. The first-order chi connectivity index (χ1) is 10.6. The number of thioether (sulfide) groups is 1. The van der Waals surface area contributed by atoms with Crippen molar-refractivity contribution in [1.82, 2.24) is 5.32 Å². The van der Waals surface area contributed by atoms with Crippen molar-refractivity contribution in [2.75, 3.05) is 19.1 Å². The molecule has 0 radical (unpaired) electrons. The van der Waals surface area contributed by atoms with Crippen molar-refractivity contribution in [1.29, 1.82) is 0 Å². The SMILES string of the molecule is COC(=O)C(CCSC)NC(=O)C12CC3CC(CC(C3)C1)C2. The molecule has 1 unspecified atom stereocenters. The third kappa shape index (κ3) is 3.01. The molecule has 124 valence electrons. The molecule has 1 N–H and O–H groups in total. The molecule has 0 heterocycles. The molecule has 4 nitrogen and oxygen atoms in total. The second-order valence-corrected chi connectivity index (χ2v) is 8.51. The second kappa shape index (κ2) is 6.42. The molecule has 0 aromatic rings. The average Bonchev–Trinajstić information content (AvgIpc) is 2.49. The molecule has 22 heavy (non-hydrogen) atoms. The van der Waals surface area contributed by atoms with E-state index in [0.29, 0.717) is 6.42 Å². The van der Waals surface area contributed by atoms with Crippen LogP contribution in [-0.4, -0.2) is 37.0 Å². The van der Waals surface area contributed by atoms with Gasteiger partial charge in [0, 0.05) is 5.41 Å². The van der Waals surface area contributed by atoms with Gasteiger partial charge in [0.15, 0.2) is 0 Å². The zero-order valence-electron chi connectivity index (χ0n) is 13.6. The van der Waals surface area contributed by atoms with Gasteiger partial charge in [-0.2, -0.15) is 11.8 Å². The quantitative estimate of drug-likeness (QED) is 0.763. The standard InChI is InChI=1S/C17H27NO3S/c1-21-15(19)14(3-4-22-2)18-16(20)17-8-11-5-12(9-17)7-13(6-11)10-17/h11-14H,3-10H2,1-2H3,(H,18,20). The zero-order valence-corrected chi connectivity index (χ0v) is 14.4. The molecule has 0 aromatic carbocycles. The van der Waals surface area contributed by atoms with Crippen molar-refractivity contribution in [3.63, 3.8) is 0 Å². The number of hydrogen-bond donors (Lipinski definition) is 1. The summed E-state index contributed by atoms with van der Waals surface area (Å²) in [5.41, 5.74) is -0.194. The van der Waals surface area contributed by atoms with Crippen LogP contribution in [0.4, 0.5) is 0 Å². The minimum Gasteiger partial charge on any atom is -0.467 e. The highest BCUT2D eigenvalue weighted by Gasteiger charge is 2.54. The Balaban J connectivity index is 1.68. The van der Waals surface area contributed by atoms with E-state index >= 15 is 0 Å². The molecule has 0 saturated heterocycles. The summed E-state index contributed by atoms with van der Waals surface area (Å²) in [4.78, 5) is 24.9. The average molecular weight is 325 g/mol. The maximum absolute atomic E-state index is 13.0. The van der Waals surface area contributed by atoms with Gasteiger partial charge in [0.2, 0.25) is 5.91 Å². The first-order valence-electron chi connectivity index (χ1n) is 8.44. The topological polar surface area (TPSA) is 55.4 Å². The Morgan fingerprint density at radius 2 is 1.73 bits per heavy atom. The van der Waals surface area contributed by atoms with Gasteiger partial charge in [0.1, 0.15) is 6.04 Å². The minimum absolute atomic E-state index is 0.114. The van der Waals surface area contributed by atoms with Crippen LogP contribution in [0, 0.1) is 23.2 Å². The molecule has 1 amide bonds. The summed E-state index contributed by atoms with van der Waals surface area (Å²) < 4.78 is 4.87. The molecular formula is C17H27NO3S. The Hall–Kier alpha value is -0.710. The maximum atomic E-state index is 13.0. The van der Waals surface area contributed by atoms with Crippen LogP contribution in [0.15, 0.2) is 0 Å². The summed E-state index contributed by atoms with van der Waals surface area (Å²) in [5, 5.41) is 3.03. The number of amides is 1. The van der Waals surface area contributed by atoms with Crippen LogP contribution in [0.2, 0.25) is 0 Å². The number of hydrogen-bond acceptors (Lipinski definition) is 4. The lowest BCUT2D eigenvalue weighted by atomic mass is 9.49. The van der Waals surface area contributed by atoms with E-state index in [1.54, 1.807) is 11.8 Å². The van der Waals surface area contributed by atoms with Crippen molar-refractivity contribution >= 4 is 23.6 Å². The maximum Gasteiger partial charge on any atom is 0.328 e. The van der Waals surface area contributed by atoms with Crippen LogP contribution in [0.5, 0.6) is 0 Å². The monoisotopic (exact) mass is 325 g/mol. The number of carbonyl (C=O) groups excluding carboxylic acids is 2. The molecule has 0 aromatic heterocycles. The summed E-state index contributed by atoms with van der Waals surface area (Å²) in [6, 6.07) is -0.488. The highest BCUT2D eigenvalue weighted by molar-refractivity contribution is 7.98. The van der Waals surface area contributed by atoms with Gasteiger partial charge >= 0.3 is 5.97 Å². The Labute approximate surface area is 137 Å². The highest BCUT2D eigenvalue weighted by atomic mass is 32.2. The molecule has 1 atom stereocenters.